The second kappa shape index (κ2) is 7.71. The molecule has 0 saturated heterocycles. The molecule has 100 valence electrons. The molecule has 0 saturated carbocycles. The number of hydrogen-bond donors (Lipinski definition) is 2. The molecule has 0 aliphatic heterocycles. The van der Waals surface area contributed by atoms with Crippen LogP contribution in [0.1, 0.15) is 30.6 Å². The molecule has 1 rings (SSSR count). The van der Waals surface area contributed by atoms with Gasteiger partial charge in [-0.3, -0.25) is 0 Å². The largest absolute Gasteiger partial charge is 0.478 e. The van der Waals surface area contributed by atoms with Crippen LogP contribution in [0.2, 0.25) is 0 Å². The van der Waals surface area contributed by atoms with Gasteiger partial charge in [-0.15, -0.1) is 0 Å². The normalized spacial score (nSPS) is 10.6. The molecule has 4 heteroatoms. The summed E-state index contributed by atoms with van der Waals surface area (Å²) in [4.78, 5) is 13.2. The average Bonchev–Trinajstić information content (AvgIpc) is 2.39. The molecular formula is C14H22N2O2. The molecule has 1 aromatic rings. The van der Waals surface area contributed by atoms with Crippen LogP contribution in [0.4, 0.5) is 5.69 Å². The Morgan fingerprint density at radius 1 is 1.33 bits per heavy atom. The molecule has 0 unspecified atom stereocenters. The van der Waals surface area contributed by atoms with E-state index in [9.17, 15) is 4.79 Å². The lowest BCUT2D eigenvalue weighted by molar-refractivity contribution is 0.0697. The van der Waals surface area contributed by atoms with Crippen LogP contribution in [0.15, 0.2) is 24.3 Å². The molecule has 0 spiro atoms. The summed E-state index contributed by atoms with van der Waals surface area (Å²) in [6.45, 7) is 8.40. The van der Waals surface area contributed by atoms with Crippen molar-refractivity contribution in [2.75, 3.05) is 31.5 Å². The number of carboxylic acids is 1. The van der Waals surface area contributed by atoms with Gasteiger partial charge in [0.2, 0.25) is 0 Å². The van der Waals surface area contributed by atoms with E-state index >= 15 is 0 Å². The van der Waals surface area contributed by atoms with E-state index in [2.05, 4.69) is 24.1 Å². The number of anilines is 1. The molecule has 0 aliphatic rings. The highest BCUT2D eigenvalue weighted by atomic mass is 16.4. The first kappa shape index (κ1) is 14.5. The molecule has 0 fully saturated rings. The van der Waals surface area contributed by atoms with Crippen molar-refractivity contribution in [3.63, 3.8) is 0 Å². The SMILES string of the molecule is CCN(CC)CCCNc1cccc(C(=O)O)c1. The first-order chi connectivity index (χ1) is 8.67. The lowest BCUT2D eigenvalue weighted by Crippen LogP contribution is -2.25. The van der Waals surface area contributed by atoms with E-state index in [0.29, 0.717) is 5.56 Å². The zero-order chi connectivity index (χ0) is 13.4. The minimum Gasteiger partial charge on any atom is -0.478 e. The highest BCUT2D eigenvalue weighted by Gasteiger charge is 2.03. The van der Waals surface area contributed by atoms with Crippen molar-refractivity contribution >= 4 is 11.7 Å². The Hall–Kier alpha value is -1.55. The summed E-state index contributed by atoms with van der Waals surface area (Å²) in [5.41, 5.74) is 1.19. The van der Waals surface area contributed by atoms with Gasteiger partial charge in [0.15, 0.2) is 0 Å². The second-order valence-electron chi connectivity index (χ2n) is 4.19. The predicted molar refractivity (Wildman–Crippen MR) is 74.3 cm³/mol. The average molecular weight is 250 g/mol. The number of aromatic carboxylic acids is 1. The zero-order valence-corrected chi connectivity index (χ0v) is 11.1. The number of rotatable bonds is 8. The minimum absolute atomic E-state index is 0.323. The van der Waals surface area contributed by atoms with Gasteiger partial charge in [-0.1, -0.05) is 19.9 Å². The lowest BCUT2D eigenvalue weighted by atomic mass is 10.2. The molecule has 0 amide bonds. The Bertz CT molecular complexity index is 376. The lowest BCUT2D eigenvalue weighted by Gasteiger charge is -2.17. The molecule has 2 N–H and O–H groups in total. The standard InChI is InChI=1S/C14H22N2O2/c1-3-16(4-2)10-6-9-15-13-8-5-7-12(11-13)14(17)18/h5,7-8,11,15H,3-4,6,9-10H2,1-2H3,(H,17,18). The Balaban J connectivity index is 2.35. The molecule has 0 atom stereocenters. The van der Waals surface area contributed by atoms with Crippen molar-refractivity contribution in [1.82, 2.24) is 4.90 Å². The van der Waals surface area contributed by atoms with Crippen LogP contribution < -0.4 is 5.32 Å². The molecule has 18 heavy (non-hydrogen) atoms. The van der Waals surface area contributed by atoms with Crippen LogP contribution in [0.3, 0.4) is 0 Å². The van der Waals surface area contributed by atoms with Gasteiger partial charge in [-0.25, -0.2) is 4.79 Å². The maximum Gasteiger partial charge on any atom is 0.335 e. The summed E-state index contributed by atoms with van der Waals surface area (Å²) in [6.07, 6.45) is 1.05. The van der Waals surface area contributed by atoms with Gasteiger partial charge < -0.3 is 15.3 Å². The van der Waals surface area contributed by atoms with Crippen LogP contribution in [-0.4, -0.2) is 42.2 Å². The van der Waals surface area contributed by atoms with Crippen LogP contribution in [0, 0.1) is 0 Å². The highest BCUT2D eigenvalue weighted by molar-refractivity contribution is 5.88. The van der Waals surface area contributed by atoms with Gasteiger partial charge >= 0.3 is 5.97 Å². The third-order valence-corrected chi connectivity index (χ3v) is 2.98. The summed E-state index contributed by atoms with van der Waals surface area (Å²) in [5.74, 6) is -0.887. The molecule has 0 heterocycles. The van der Waals surface area contributed by atoms with E-state index < -0.39 is 5.97 Å². The summed E-state index contributed by atoms with van der Waals surface area (Å²) in [7, 11) is 0. The molecule has 1 aromatic carbocycles. The van der Waals surface area contributed by atoms with Crippen LogP contribution in [-0.2, 0) is 0 Å². The van der Waals surface area contributed by atoms with E-state index in [-0.39, 0.29) is 0 Å². The molecule has 0 bridgehead atoms. The fourth-order valence-electron chi connectivity index (χ4n) is 1.84. The number of nitrogens with one attached hydrogen (secondary N) is 1. The number of benzene rings is 1. The van der Waals surface area contributed by atoms with Gasteiger partial charge in [0.05, 0.1) is 5.56 Å². The Labute approximate surface area is 109 Å². The minimum atomic E-state index is -0.887. The van der Waals surface area contributed by atoms with E-state index in [1.54, 1.807) is 18.2 Å². The molecule has 0 aliphatic carbocycles. The van der Waals surface area contributed by atoms with Crippen LogP contribution >= 0.6 is 0 Å². The van der Waals surface area contributed by atoms with E-state index in [1.807, 2.05) is 6.07 Å². The van der Waals surface area contributed by atoms with Gasteiger partial charge in [0.25, 0.3) is 0 Å². The number of carboxylic acid groups (broad SMARTS) is 1. The Kier molecular flexibility index (Phi) is 6.22. The first-order valence-corrected chi connectivity index (χ1v) is 6.47. The molecule has 0 aromatic heterocycles. The maximum absolute atomic E-state index is 10.8. The van der Waals surface area contributed by atoms with Crippen molar-refractivity contribution in [1.29, 1.82) is 0 Å². The van der Waals surface area contributed by atoms with Crippen molar-refractivity contribution < 1.29 is 9.90 Å². The van der Waals surface area contributed by atoms with Gasteiger partial charge in [0, 0.05) is 12.2 Å². The predicted octanol–water partition coefficient (Wildman–Crippen LogP) is 2.53. The van der Waals surface area contributed by atoms with Gasteiger partial charge in [-0.05, 0) is 44.3 Å². The molecule has 4 nitrogen and oxygen atoms in total. The Morgan fingerprint density at radius 2 is 2.06 bits per heavy atom. The fourth-order valence-corrected chi connectivity index (χ4v) is 1.84. The first-order valence-electron chi connectivity index (χ1n) is 6.47. The number of carbonyl (C=O) groups is 1. The van der Waals surface area contributed by atoms with E-state index in [1.165, 1.54) is 0 Å². The zero-order valence-electron chi connectivity index (χ0n) is 11.1. The van der Waals surface area contributed by atoms with Gasteiger partial charge in [0.1, 0.15) is 0 Å². The monoisotopic (exact) mass is 250 g/mol. The summed E-state index contributed by atoms with van der Waals surface area (Å²) in [6, 6.07) is 6.92. The molecule has 0 radical (unpaired) electrons. The third-order valence-electron chi connectivity index (χ3n) is 2.98. The van der Waals surface area contributed by atoms with E-state index in [4.69, 9.17) is 5.11 Å². The van der Waals surface area contributed by atoms with Crippen LogP contribution in [0.25, 0.3) is 0 Å². The van der Waals surface area contributed by atoms with Crippen molar-refractivity contribution in [2.45, 2.75) is 20.3 Å². The topological polar surface area (TPSA) is 52.6 Å². The van der Waals surface area contributed by atoms with Crippen molar-refractivity contribution in [3.8, 4) is 0 Å². The molecular weight excluding hydrogens is 228 g/mol. The van der Waals surface area contributed by atoms with Crippen molar-refractivity contribution in [2.24, 2.45) is 0 Å². The smallest absolute Gasteiger partial charge is 0.335 e. The Morgan fingerprint density at radius 3 is 2.67 bits per heavy atom. The summed E-state index contributed by atoms with van der Waals surface area (Å²) < 4.78 is 0. The fraction of sp³-hybridized carbons (Fsp3) is 0.500. The third kappa shape index (κ3) is 4.75. The number of hydrogen-bond acceptors (Lipinski definition) is 3. The number of nitrogens with zero attached hydrogens (tertiary/aromatic N) is 1. The second-order valence-corrected chi connectivity index (χ2v) is 4.19. The van der Waals surface area contributed by atoms with Crippen LogP contribution in [0.5, 0.6) is 0 Å². The van der Waals surface area contributed by atoms with Gasteiger partial charge in [-0.2, -0.15) is 0 Å². The van der Waals surface area contributed by atoms with E-state index in [0.717, 1.165) is 38.3 Å². The summed E-state index contributed by atoms with van der Waals surface area (Å²) >= 11 is 0. The maximum atomic E-state index is 10.8. The quantitative estimate of drug-likeness (QED) is 0.696. The highest BCUT2D eigenvalue weighted by Crippen LogP contribution is 2.10. The summed E-state index contributed by atoms with van der Waals surface area (Å²) in [5, 5.41) is 12.1. The van der Waals surface area contributed by atoms with Crippen molar-refractivity contribution in [3.05, 3.63) is 29.8 Å².